The summed E-state index contributed by atoms with van der Waals surface area (Å²) >= 11 is 0. The van der Waals surface area contributed by atoms with E-state index in [1.807, 2.05) is 0 Å². The molecule has 7 heteroatoms. The number of hydrogen-bond acceptors (Lipinski definition) is 3. The molecule has 1 heterocycles. The average molecular weight is 270 g/mol. The third-order valence-corrected chi connectivity index (χ3v) is 4.68. The Morgan fingerprint density at radius 1 is 1.33 bits per heavy atom. The van der Waals surface area contributed by atoms with Crippen LogP contribution in [0.3, 0.4) is 0 Å². The van der Waals surface area contributed by atoms with Crippen molar-refractivity contribution >= 4 is 16.0 Å². The lowest BCUT2D eigenvalue weighted by Crippen LogP contribution is -2.25. The highest BCUT2D eigenvalue weighted by atomic mass is 32.2. The molecule has 0 amide bonds. The second kappa shape index (κ2) is 3.83. The highest BCUT2D eigenvalue weighted by Gasteiger charge is 2.33. The molecular weight excluding hydrogens is 256 g/mol. The van der Waals surface area contributed by atoms with Crippen molar-refractivity contribution in [3.63, 3.8) is 0 Å². The number of carboxylic acid groups (broad SMARTS) is 1. The number of carbonyl (C=O) groups is 1. The molecule has 0 aromatic carbocycles. The van der Waals surface area contributed by atoms with Gasteiger partial charge in [0.05, 0.1) is 0 Å². The lowest BCUT2D eigenvalue weighted by atomic mass is 10.4. The van der Waals surface area contributed by atoms with Gasteiger partial charge in [0.2, 0.25) is 10.0 Å². The minimum absolute atomic E-state index is 0.0209. The Balaban J connectivity index is 1.96. The number of aromatic carboxylic acids is 1. The molecule has 2 aliphatic carbocycles. The van der Waals surface area contributed by atoms with Gasteiger partial charge in [-0.25, -0.2) is 17.9 Å². The smallest absolute Gasteiger partial charge is 0.352 e. The number of nitrogens with zero attached hydrogens (tertiary/aromatic N) is 1. The molecule has 1 aromatic rings. The Bertz CT molecular complexity index is 597. The van der Waals surface area contributed by atoms with Gasteiger partial charge >= 0.3 is 5.97 Å². The van der Waals surface area contributed by atoms with Crippen LogP contribution in [0.4, 0.5) is 0 Å². The van der Waals surface area contributed by atoms with Crippen LogP contribution < -0.4 is 4.72 Å². The van der Waals surface area contributed by atoms with E-state index < -0.39 is 16.0 Å². The first-order valence-electron chi connectivity index (χ1n) is 5.95. The van der Waals surface area contributed by atoms with Gasteiger partial charge in [-0.15, -0.1) is 0 Å². The van der Waals surface area contributed by atoms with Crippen LogP contribution in [-0.2, 0) is 10.0 Å². The van der Waals surface area contributed by atoms with E-state index in [1.165, 1.54) is 12.3 Å². The summed E-state index contributed by atoms with van der Waals surface area (Å²) in [6.45, 7) is 0. The monoisotopic (exact) mass is 270 g/mol. The van der Waals surface area contributed by atoms with Gasteiger partial charge in [0.1, 0.15) is 10.6 Å². The topological polar surface area (TPSA) is 88.4 Å². The van der Waals surface area contributed by atoms with Gasteiger partial charge < -0.3 is 9.67 Å². The molecule has 0 spiro atoms. The number of aromatic nitrogens is 1. The minimum Gasteiger partial charge on any atom is -0.477 e. The summed E-state index contributed by atoms with van der Waals surface area (Å²) in [7, 11) is -3.57. The Labute approximate surface area is 105 Å². The van der Waals surface area contributed by atoms with Gasteiger partial charge in [0.15, 0.2) is 0 Å². The van der Waals surface area contributed by atoms with Crippen LogP contribution in [0.25, 0.3) is 0 Å². The molecule has 1 aromatic heterocycles. The number of rotatable bonds is 5. The van der Waals surface area contributed by atoms with E-state index in [0.717, 1.165) is 25.7 Å². The summed E-state index contributed by atoms with van der Waals surface area (Å²) in [4.78, 5) is 11.1. The van der Waals surface area contributed by atoms with E-state index in [1.54, 1.807) is 4.57 Å². The van der Waals surface area contributed by atoms with E-state index in [4.69, 9.17) is 5.11 Å². The van der Waals surface area contributed by atoms with E-state index in [0.29, 0.717) is 0 Å². The molecule has 6 nitrogen and oxygen atoms in total. The molecule has 0 bridgehead atoms. The van der Waals surface area contributed by atoms with Crippen molar-refractivity contribution < 1.29 is 18.3 Å². The van der Waals surface area contributed by atoms with Crippen molar-refractivity contribution in [2.24, 2.45) is 0 Å². The molecule has 3 rings (SSSR count). The maximum atomic E-state index is 12.0. The number of nitrogens with one attached hydrogen (secondary N) is 1. The predicted molar refractivity (Wildman–Crippen MR) is 63.0 cm³/mol. The molecule has 0 radical (unpaired) electrons. The van der Waals surface area contributed by atoms with Gasteiger partial charge in [-0.2, -0.15) is 0 Å². The Morgan fingerprint density at radius 2 is 2.00 bits per heavy atom. The van der Waals surface area contributed by atoms with Crippen molar-refractivity contribution in [1.29, 1.82) is 0 Å². The lowest BCUT2D eigenvalue weighted by Gasteiger charge is -2.02. The van der Waals surface area contributed by atoms with E-state index >= 15 is 0 Å². The van der Waals surface area contributed by atoms with Crippen LogP contribution in [0.5, 0.6) is 0 Å². The largest absolute Gasteiger partial charge is 0.477 e. The molecule has 0 unspecified atom stereocenters. The van der Waals surface area contributed by atoms with Crippen molar-refractivity contribution in [3.8, 4) is 0 Å². The predicted octanol–water partition coefficient (Wildman–Crippen LogP) is 0.962. The van der Waals surface area contributed by atoms with Gasteiger partial charge in [0.25, 0.3) is 0 Å². The fourth-order valence-corrected chi connectivity index (χ4v) is 3.25. The van der Waals surface area contributed by atoms with Crippen LogP contribution in [0.1, 0.15) is 42.2 Å². The van der Waals surface area contributed by atoms with Crippen LogP contribution in [-0.4, -0.2) is 30.1 Å². The summed E-state index contributed by atoms with van der Waals surface area (Å²) in [5, 5.41) is 9.08. The summed E-state index contributed by atoms with van der Waals surface area (Å²) in [6.07, 6.45) is 4.96. The van der Waals surface area contributed by atoms with E-state index in [2.05, 4.69) is 4.72 Å². The SMILES string of the molecule is O=C(O)c1cc(S(=O)(=O)NC2CC2)cn1C1CC1. The Hall–Kier alpha value is -1.34. The second-order valence-electron chi connectivity index (χ2n) is 4.90. The van der Waals surface area contributed by atoms with Crippen LogP contribution in [0.2, 0.25) is 0 Å². The normalized spacial score (nSPS) is 20.0. The molecule has 0 atom stereocenters. The minimum atomic E-state index is -3.57. The van der Waals surface area contributed by atoms with Gasteiger partial charge in [-0.05, 0) is 31.7 Å². The fourth-order valence-electron chi connectivity index (χ4n) is 1.92. The molecule has 18 heavy (non-hydrogen) atoms. The lowest BCUT2D eigenvalue weighted by molar-refractivity contribution is 0.0685. The van der Waals surface area contributed by atoms with Crippen LogP contribution in [0, 0.1) is 0 Å². The van der Waals surface area contributed by atoms with Crippen molar-refractivity contribution in [2.75, 3.05) is 0 Å². The fraction of sp³-hybridized carbons (Fsp3) is 0.545. The van der Waals surface area contributed by atoms with Crippen molar-refractivity contribution in [2.45, 2.75) is 42.7 Å². The van der Waals surface area contributed by atoms with E-state index in [9.17, 15) is 13.2 Å². The maximum absolute atomic E-state index is 12.0. The average Bonchev–Trinajstić information content (AvgIpc) is 3.19. The third-order valence-electron chi connectivity index (χ3n) is 3.19. The van der Waals surface area contributed by atoms with Crippen molar-refractivity contribution in [3.05, 3.63) is 18.0 Å². The van der Waals surface area contributed by atoms with E-state index in [-0.39, 0.29) is 22.7 Å². The highest BCUT2D eigenvalue weighted by molar-refractivity contribution is 7.89. The molecular formula is C11H14N2O4S. The molecule has 0 aliphatic heterocycles. The van der Waals surface area contributed by atoms with Crippen LogP contribution >= 0.6 is 0 Å². The quantitative estimate of drug-likeness (QED) is 0.834. The van der Waals surface area contributed by atoms with Crippen molar-refractivity contribution in [1.82, 2.24) is 9.29 Å². The van der Waals surface area contributed by atoms with Crippen LogP contribution in [0.15, 0.2) is 17.2 Å². The molecule has 98 valence electrons. The number of sulfonamides is 1. The molecule has 2 fully saturated rings. The standard InChI is InChI=1S/C11H14N2O4S/c14-11(15)10-5-9(6-13(10)8-3-4-8)18(16,17)12-7-1-2-7/h5-8,12H,1-4H2,(H,14,15). The summed E-state index contributed by atoms with van der Waals surface area (Å²) in [5.41, 5.74) is 0.0497. The number of hydrogen-bond donors (Lipinski definition) is 2. The summed E-state index contributed by atoms with van der Waals surface area (Å²) in [6, 6.07) is 1.40. The summed E-state index contributed by atoms with van der Waals surface area (Å²) in [5.74, 6) is -1.09. The Morgan fingerprint density at radius 3 is 2.50 bits per heavy atom. The zero-order chi connectivity index (χ0) is 12.9. The summed E-state index contributed by atoms with van der Waals surface area (Å²) < 4.78 is 28.1. The molecule has 2 saturated carbocycles. The molecule has 2 N–H and O–H groups in total. The van der Waals surface area contributed by atoms with Gasteiger partial charge in [-0.1, -0.05) is 0 Å². The second-order valence-corrected chi connectivity index (χ2v) is 6.61. The van der Waals surface area contributed by atoms with Gasteiger partial charge in [0, 0.05) is 18.3 Å². The molecule has 0 saturated heterocycles. The zero-order valence-electron chi connectivity index (χ0n) is 9.67. The highest BCUT2D eigenvalue weighted by Crippen LogP contribution is 2.37. The third kappa shape index (κ3) is 2.15. The maximum Gasteiger partial charge on any atom is 0.352 e. The van der Waals surface area contributed by atoms with Gasteiger partial charge in [-0.3, -0.25) is 0 Å². The Kier molecular flexibility index (Phi) is 2.49. The first kappa shape index (κ1) is 11.7. The molecule has 2 aliphatic rings. The first-order chi connectivity index (χ1) is 8.47. The zero-order valence-corrected chi connectivity index (χ0v) is 10.5. The number of carboxylic acids is 1. The first-order valence-corrected chi connectivity index (χ1v) is 7.43.